The van der Waals surface area contributed by atoms with Gasteiger partial charge < -0.3 is 15.4 Å². The third-order valence-corrected chi connectivity index (χ3v) is 4.44. The molecule has 1 atom stereocenters. The lowest BCUT2D eigenvalue weighted by Gasteiger charge is -2.26. The summed E-state index contributed by atoms with van der Waals surface area (Å²) in [4.78, 5) is 6.73. The Labute approximate surface area is 132 Å². The smallest absolute Gasteiger partial charge is 0.191 e. The van der Waals surface area contributed by atoms with E-state index in [1.54, 1.807) is 0 Å². The number of nitrogens with one attached hydrogen (secondary N) is 2. The fourth-order valence-electron chi connectivity index (χ4n) is 2.78. The van der Waals surface area contributed by atoms with Crippen molar-refractivity contribution < 1.29 is 4.74 Å². The summed E-state index contributed by atoms with van der Waals surface area (Å²) in [5.41, 5.74) is 0.682. The van der Waals surface area contributed by atoms with E-state index >= 15 is 0 Å². The molecule has 3 aliphatic rings. The summed E-state index contributed by atoms with van der Waals surface area (Å²) in [7, 11) is 1.85. The van der Waals surface area contributed by atoms with Crippen LogP contribution in [0.1, 0.15) is 19.3 Å². The average Bonchev–Trinajstić information content (AvgIpc) is 3.31. The molecule has 0 radical (unpaired) electrons. The SMILES string of the molecule is CN=C(NCCN1CCOCC1)NC1CC12CC2.I. The lowest BCUT2D eigenvalue weighted by Crippen LogP contribution is -2.45. The van der Waals surface area contributed by atoms with Crippen molar-refractivity contribution in [3.63, 3.8) is 0 Å². The van der Waals surface area contributed by atoms with Gasteiger partial charge in [-0.05, 0) is 24.7 Å². The summed E-state index contributed by atoms with van der Waals surface area (Å²) in [5, 5.41) is 6.94. The second-order valence-corrected chi connectivity index (χ2v) is 5.72. The maximum atomic E-state index is 5.34. The fourth-order valence-corrected chi connectivity index (χ4v) is 2.78. The van der Waals surface area contributed by atoms with Crippen molar-refractivity contribution >= 4 is 29.9 Å². The van der Waals surface area contributed by atoms with Gasteiger partial charge in [-0.3, -0.25) is 9.89 Å². The Morgan fingerprint density at radius 2 is 2.11 bits per heavy atom. The van der Waals surface area contributed by atoms with Crippen molar-refractivity contribution in [2.45, 2.75) is 25.3 Å². The van der Waals surface area contributed by atoms with Crippen LogP contribution in [0, 0.1) is 5.41 Å². The maximum absolute atomic E-state index is 5.34. The minimum atomic E-state index is 0. The van der Waals surface area contributed by atoms with Gasteiger partial charge in [-0.15, -0.1) is 24.0 Å². The second-order valence-electron chi connectivity index (χ2n) is 5.72. The molecule has 1 aliphatic heterocycles. The van der Waals surface area contributed by atoms with Crippen LogP contribution in [0.25, 0.3) is 0 Å². The van der Waals surface area contributed by atoms with E-state index in [9.17, 15) is 0 Å². The van der Waals surface area contributed by atoms with Crippen molar-refractivity contribution in [1.82, 2.24) is 15.5 Å². The first kappa shape index (κ1) is 15.3. The average molecular weight is 380 g/mol. The number of guanidine groups is 1. The Bertz CT molecular complexity index is 327. The molecule has 0 bridgehead atoms. The summed E-state index contributed by atoms with van der Waals surface area (Å²) < 4.78 is 5.34. The summed E-state index contributed by atoms with van der Waals surface area (Å²) in [6.07, 6.45) is 4.17. The van der Waals surface area contributed by atoms with Crippen LogP contribution in [0.2, 0.25) is 0 Å². The zero-order valence-electron chi connectivity index (χ0n) is 11.7. The Balaban J connectivity index is 0.00000133. The van der Waals surface area contributed by atoms with E-state index < -0.39 is 0 Å². The van der Waals surface area contributed by atoms with Gasteiger partial charge in [-0.25, -0.2) is 0 Å². The Hall–Kier alpha value is -0.0800. The number of hydrogen-bond donors (Lipinski definition) is 2. The third-order valence-electron chi connectivity index (χ3n) is 4.44. The third kappa shape index (κ3) is 3.95. The molecule has 2 aliphatic carbocycles. The minimum Gasteiger partial charge on any atom is -0.379 e. The molecule has 0 aromatic carbocycles. The quantitative estimate of drug-likeness (QED) is 0.427. The highest BCUT2D eigenvalue weighted by atomic mass is 127. The number of nitrogens with zero attached hydrogens (tertiary/aromatic N) is 2. The van der Waals surface area contributed by atoms with E-state index in [0.717, 1.165) is 45.4 Å². The summed E-state index contributed by atoms with van der Waals surface area (Å²) in [6.45, 7) is 5.88. The highest BCUT2D eigenvalue weighted by molar-refractivity contribution is 14.0. The highest BCUT2D eigenvalue weighted by Crippen LogP contribution is 2.65. The van der Waals surface area contributed by atoms with Gasteiger partial charge in [0, 0.05) is 39.3 Å². The normalized spacial score (nSPS) is 28.7. The van der Waals surface area contributed by atoms with Gasteiger partial charge in [-0.2, -0.15) is 0 Å². The van der Waals surface area contributed by atoms with Crippen LogP contribution in [-0.2, 0) is 4.74 Å². The molecule has 0 amide bonds. The van der Waals surface area contributed by atoms with Crippen LogP contribution in [-0.4, -0.2) is 63.3 Å². The number of morpholine rings is 1. The van der Waals surface area contributed by atoms with Gasteiger partial charge in [0.25, 0.3) is 0 Å². The molecular weight excluding hydrogens is 355 g/mol. The summed E-state index contributed by atoms with van der Waals surface area (Å²) >= 11 is 0. The standard InChI is InChI=1S/C13H24N4O.HI/c1-14-12(16-11-10-13(11)2-3-13)15-4-5-17-6-8-18-9-7-17;/h11H,2-10H2,1H3,(H2,14,15,16);1H. The molecule has 1 heterocycles. The molecule has 5 nitrogen and oxygen atoms in total. The van der Waals surface area contributed by atoms with Crippen molar-refractivity contribution in [1.29, 1.82) is 0 Å². The first-order chi connectivity index (χ1) is 8.82. The molecule has 0 aromatic heterocycles. The van der Waals surface area contributed by atoms with Gasteiger partial charge >= 0.3 is 0 Å². The van der Waals surface area contributed by atoms with E-state index in [2.05, 4.69) is 20.5 Å². The minimum absolute atomic E-state index is 0. The topological polar surface area (TPSA) is 48.9 Å². The predicted molar refractivity (Wildman–Crippen MR) is 87.2 cm³/mol. The van der Waals surface area contributed by atoms with Crippen LogP contribution in [0.15, 0.2) is 4.99 Å². The van der Waals surface area contributed by atoms with Gasteiger partial charge in [0.05, 0.1) is 13.2 Å². The second kappa shape index (κ2) is 6.58. The van der Waals surface area contributed by atoms with Gasteiger partial charge in [0.1, 0.15) is 0 Å². The van der Waals surface area contributed by atoms with Crippen molar-refractivity contribution in [2.75, 3.05) is 46.4 Å². The van der Waals surface area contributed by atoms with Gasteiger partial charge in [-0.1, -0.05) is 0 Å². The number of aliphatic imine (C=N–C) groups is 1. The van der Waals surface area contributed by atoms with E-state index in [1.807, 2.05) is 7.05 Å². The number of ether oxygens (including phenoxy) is 1. The zero-order valence-corrected chi connectivity index (χ0v) is 14.0. The number of hydrogen-bond acceptors (Lipinski definition) is 3. The first-order valence-electron chi connectivity index (χ1n) is 7.10. The number of rotatable bonds is 4. The molecule has 1 spiro atoms. The lowest BCUT2D eigenvalue weighted by atomic mass is 10.4. The summed E-state index contributed by atoms with van der Waals surface area (Å²) in [5.74, 6) is 0.969. The van der Waals surface area contributed by atoms with Crippen LogP contribution >= 0.6 is 24.0 Å². The molecule has 0 aromatic rings. The molecule has 19 heavy (non-hydrogen) atoms. The molecule has 3 rings (SSSR count). The van der Waals surface area contributed by atoms with Crippen molar-refractivity contribution in [2.24, 2.45) is 10.4 Å². The van der Waals surface area contributed by atoms with Crippen LogP contribution in [0.4, 0.5) is 0 Å². The monoisotopic (exact) mass is 380 g/mol. The van der Waals surface area contributed by atoms with E-state index in [4.69, 9.17) is 4.74 Å². The van der Waals surface area contributed by atoms with Crippen molar-refractivity contribution in [3.05, 3.63) is 0 Å². The fraction of sp³-hybridized carbons (Fsp3) is 0.923. The van der Waals surface area contributed by atoms with Gasteiger partial charge in [0.15, 0.2) is 5.96 Å². The molecule has 1 saturated heterocycles. The largest absolute Gasteiger partial charge is 0.379 e. The molecule has 2 saturated carbocycles. The van der Waals surface area contributed by atoms with E-state index in [1.165, 1.54) is 19.3 Å². The Morgan fingerprint density at radius 1 is 1.37 bits per heavy atom. The van der Waals surface area contributed by atoms with E-state index in [-0.39, 0.29) is 24.0 Å². The van der Waals surface area contributed by atoms with Crippen LogP contribution in [0.5, 0.6) is 0 Å². The molecule has 3 fully saturated rings. The number of halogens is 1. The maximum Gasteiger partial charge on any atom is 0.191 e. The van der Waals surface area contributed by atoms with Crippen LogP contribution in [0.3, 0.4) is 0 Å². The molecule has 110 valence electrons. The Morgan fingerprint density at radius 3 is 2.68 bits per heavy atom. The van der Waals surface area contributed by atoms with Crippen molar-refractivity contribution in [3.8, 4) is 0 Å². The van der Waals surface area contributed by atoms with Crippen LogP contribution < -0.4 is 10.6 Å². The zero-order chi connectivity index (χ0) is 12.4. The van der Waals surface area contributed by atoms with E-state index in [0.29, 0.717) is 11.5 Å². The Kier molecular flexibility index (Phi) is 5.30. The molecule has 6 heteroatoms. The van der Waals surface area contributed by atoms with Gasteiger partial charge in [0.2, 0.25) is 0 Å². The first-order valence-corrected chi connectivity index (χ1v) is 7.10. The lowest BCUT2D eigenvalue weighted by molar-refractivity contribution is 0.0389. The highest BCUT2D eigenvalue weighted by Gasteiger charge is 2.63. The molecule has 1 unspecified atom stereocenters. The predicted octanol–water partition coefficient (Wildman–Crippen LogP) is 0.654. The molecular formula is C13H25IN4O. The molecule has 2 N–H and O–H groups in total. The summed E-state index contributed by atoms with van der Waals surface area (Å²) in [6, 6.07) is 0.687.